The number of nitrogens with zero attached hydrogens (tertiary/aromatic N) is 1. The summed E-state index contributed by atoms with van der Waals surface area (Å²) in [5.74, 6) is -0.326. The molecule has 24 heavy (non-hydrogen) atoms. The molecule has 1 aliphatic heterocycles. The van der Waals surface area contributed by atoms with E-state index in [0.717, 1.165) is 32.7 Å². The fraction of sp³-hybridized carbons (Fsp3) is 0.500. The first kappa shape index (κ1) is 18.0. The number of carbonyl (C=O) groups is 2. The molecular weight excluding hydrogens is 312 g/mol. The number of ether oxygens (including phenoxy) is 2. The normalized spacial score (nSPS) is 14.8. The summed E-state index contributed by atoms with van der Waals surface area (Å²) >= 11 is 0. The van der Waals surface area contributed by atoms with Crippen LogP contribution in [0.15, 0.2) is 18.2 Å². The van der Waals surface area contributed by atoms with Gasteiger partial charge in [0.05, 0.1) is 14.2 Å². The third kappa shape index (κ3) is 5.10. The van der Waals surface area contributed by atoms with Gasteiger partial charge in [-0.1, -0.05) is 0 Å². The number of hydrogen-bond acceptors (Lipinski definition) is 6. The number of piperazine rings is 1. The molecule has 0 spiro atoms. The second-order valence-electron chi connectivity index (χ2n) is 5.37. The first-order valence-corrected chi connectivity index (χ1v) is 7.88. The van der Waals surface area contributed by atoms with Crippen molar-refractivity contribution in [1.82, 2.24) is 15.5 Å². The lowest BCUT2D eigenvalue weighted by molar-refractivity contribution is -0.136. The number of benzene rings is 1. The van der Waals surface area contributed by atoms with Crippen molar-refractivity contribution in [2.45, 2.75) is 0 Å². The first-order chi connectivity index (χ1) is 11.6. The van der Waals surface area contributed by atoms with Gasteiger partial charge in [0.2, 0.25) is 0 Å². The summed E-state index contributed by atoms with van der Waals surface area (Å²) in [7, 11) is 3.04. The Morgan fingerprint density at radius 3 is 2.50 bits per heavy atom. The standard InChI is InChI=1S/C16H24N4O4/c1-23-13-4-3-12(11-14(13)24-2)19-16(22)15(21)18-7-10-20-8-5-17-6-9-20/h3-4,11,17H,5-10H2,1-2H3,(H,18,21)(H,19,22). The topological polar surface area (TPSA) is 91.9 Å². The second-order valence-corrected chi connectivity index (χ2v) is 5.37. The molecule has 132 valence electrons. The number of amides is 2. The van der Waals surface area contributed by atoms with Crippen molar-refractivity contribution in [1.29, 1.82) is 0 Å². The third-order valence-corrected chi connectivity index (χ3v) is 3.77. The Morgan fingerprint density at radius 1 is 1.12 bits per heavy atom. The second kappa shape index (κ2) is 9.09. The number of rotatable bonds is 6. The van der Waals surface area contributed by atoms with E-state index < -0.39 is 11.8 Å². The van der Waals surface area contributed by atoms with Crippen LogP contribution >= 0.6 is 0 Å². The van der Waals surface area contributed by atoms with Gasteiger partial charge in [-0.15, -0.1) is 0 Å². The van der Waals surface area contributed by atoms with Gasteiger partial charge >= 0.3 is 11.8 Å². The van der Waals surface area contributed by atoms with Crippen LogP contribution < -0.4 is 25.4 Å². The van der Waals surface area contributed by atoms with Crippen LogP contribution in [0.5, 0.6) is 11.5 Å². The lowest BCUT2D eigenvalue weighted by Gasteiger charge is -2.26. The summed E-state index contributed by atoms with van der Waals surface area (Å²) < 4.78 is 10.3. The third-order valence-electron chi connectivity index (χ3n) is 3.77. The molecule has 2 rings (SSSR count). The molecule has 1 fully saturated rings. The lowest BCUT2D eigenvalue weighted by atomic mass is 10.2. The Labute approximate surface area is 141 Å². The summed E-state index contributed by atoms with van der Waals surface area (Å²) in [6.07, 6.45) is 0. The lowest BCUT2D eigenvalue weighted by Crippen LogP contribution is -2.47. The smallest absolute Gasteiger partial charge is 0.313 e. The van der Waals surface area contributed by atoms with E-state index in [0.29, 0.717) is 23.7 Å². The van der Waals surface area contributed by atoms with E-state index in [2.05, 4.69) is 20.9 Å². The number of methoxy groups -OCH3 is 2. The summed E-state index contributed by atoms with van der Waals surface area (Å²) in [5, 5.41) is 8.44. The maximum Gasteiger partial charge on any atom is 0.313 e. The number of nitrogens with one attached hydrogen (secondary N) is 3. The predicted octanol–water partition coefficient (Wildman–Crippen LogP) is -0.336. The van der Waals surface area contributed by atoms with Crippen LogP contribution in [0, 0.1) is 0 Å². The van der Waals surface area contributed by atoms with Gasteiger partial charge in [0.15, 0.2) is 11.5 Å². The van der Waals surface area contributed by atoms with Crippen molar-refractivity contribution in [2.24, 2.45) is 0 Å². The summed E-state index contributed by atoms with van der Waals surface area (Å²) in [4.78, 5) is 26.0. The van der Waals surface area contributed by atoms with E-state index >= 15 is 0 Å². The van der Waals surface area contributed by atoms with Crippen molar-refractivity contribution in [2.75, 3.05) is 58.8 Å². The molecule has 1 saturated heterocycles. The van der Waals surface area contributed by atoms with Crippen molar-refractivity contribution in [3.63, 3.8) is 0 Å². The van der Waals surface area contributed by atoms with Gasteiger partial charge in [-0.25, -0.2) is 0 Å². The van der Waals surface area contributed by atoms with E-state index in [9.17, 15) is 9.59 Å². The van der Waals surface area contributed by atoms with E-state index in [-0.39, 0.29) is 0 Å². The van der Waals surface area contributed by atoms with Gasteiger partial charge in [-0.05, 0) is 12.1 Å². The Hall–Kier alpha value is -2.32. The van der Waals surface area contributed by atoms with Gasteiger partial charge in [0, 0.05) is 51.0 Å². The Balaban J connectivity index is 1.79. The fourth-order valence-corrected chi connectivity index (χ4v) is 2.44. The Bertz CT molecular complexity index is 573. The number of hydrogen-bond donors (Lipinski definition) is 3. The number of carbonyl (C=O) groups excluding carboxylic acids is 2. The minimum absolute atomic E-state index is 0.443. The molecule has 1 heterocycles. The minimum Gasteiger partial charge on any atom is -0.493 e. The molecule has 0 aliphatic carbocycles. The maximum absolute atomic E-state index is 11.9. The van der Waals surface area contributed by atoms with Crippen LogP contribution in [0.1, 0.15) is 0 Å². The zero-order valence-electron chi connectivity index (χ0n) is 14.1. The van der Waals surface area contributed by atoms with Gasteiger partial charge < -0.3 is 25.4 Å². The molecule has 2 amide bonds. The number of anilines is 1. The molecule has 3 N–H and O–H groups in total. The van der Waals surface area contributed by atoms with Crippen LogP contribution in [0.3, 0.4) is 0 Å². The molecular formula is C16H24N4O4. The average Bonchev–Trinajstić information content (AvgIpc) is 2.62. The quantitative estimate of drug-likeness (QED) is 0.616. The van der Waals surface area contributed by atoms with E-state index in [1.165, 1.54) is 14.2 Å². The van der Waals surface area contributed by atoms with E-state index in [1.807, 2.05) is 0 Å². The minimum atomic E-state index is -0.706. The Morgan fingerprint density at radius 2 is 1.83 bits per heavy atom. The maximum atomic E-state index is 11.9. The molecule has 1 aliphatic rings. The van der Waals surface area contributed by atoms with Gasteiger partial charge in [-0.3, -0.25) is 14.5 Å². The van der Waals surface area contributed by atoms with Crippen LogP contribution in [-0.4, -0.2) is 70.2 Å². The molecule has 0 unspecified atom stereocenters. The summed E-state index contributed by atoms with van der Waals surface area (Å²) in [6, 6.07) is 4.91. The van der Waals surface area contributed by atoms with Gasteiger partial charge in [-0.2, -0.15) is 0 Å². The largest absolute Gasteiger partial charge is 0.493 e. The van der Waals surface area contributed by atoms with Gasteiger partial charge in [0.1, 0.15) is 0 Å². The molecule has 1 aromatic rings. The molecule has 8 nitrogen and oxygen atoms in total. The molecule has 0 bridgehead atoms. The van der Waals surface area contributed by atoms with Crippen molar-refractivity contribution in [3.05, 3.63) is 18.2 Å². The highest BCUT2D eigenvalue weighted by atomic mass is 16.5. The fourth-order valence-electron chi connectivity index (χ4n) is 2.44. The highest BCUT2D eigenvalue weighted by Crippen LogP contribution is 2.29. The highest BCUT2D eigenvalue weighted by molar-refractivity contribution is 6.39. The summed E-state index contributed by atoms with van der Waals surface area (Å²) in [6.45, 7) is 4.98. The molecule has 0 saturated carbocycles. The van der Waals surface area contributed by atoms with E-state index in [1.54, 1.807) is 18.2 Å². The van der Waals surface area contributed by atoms with Crippen LogP contribution in [-0.2, 0) is 9.59 Å². The molecule has 0 aromatic heterocycles. The van der Waals surface area contributed by atoms with Crippen LogP contribution in [0.4, 0.5) is 5.69 Å². The van der Waals surface area contributed by atoms with Crippen molar-refractivity contribution < 1.29 is 19.1 Å². The highest BCUT2D eigenvalue weighted by Gasteiger charge is 2.15. The molecule has 8 heteroatoms. The molecule has 0 radical (unpaired) electrons. The molecule has 1 aromatic carbocycles. The predicted molar refractivity (Wildman–Crippen MR) is 90.5 cm³/mol. The van der Waals surface area contributed by atoms with Crippen LogP contribution in [0.25, 0.3) is 0 Å². The van der Waals surface area contributed by atoms with E-state index in [4.69, 9.17) is 9.47 Å². The summed E-state index contributed by atoms with van der Waals surface area (Å²) in [5.41, 5.74) is 0.468. The zero-order valence-corrected chi connectivity index (χ0v) is 14.1. The SMILES string of the molecule is COc1ccc(NC(=O)C(=O)NCCN2CCNCC2)cc1OC. The first-order valence-electron chi connectivity index (χ1n) is 7.88. The van der Waals surface area contributed by atoms with Crippen molar-refractivity contribution >= 4 is 17.5 Å². The monoisotopic (exact) mass is 336 g/mol. The van der Waals surface area contributed by atoms with Crippen molar-refractivity contribution in [3.8, 4) is 11.5 Å². The Kier molecular flexibility index (Phi) is 6.83. The van der Waals surface area contributed by atoms with Gasteiger partial charge in [0.25, 0.3) is 0 Å². The zero-order chi connectivity index (χ0) is 17.4. The molecule has 0 atom stereocenters. The average molecular weight is 336 g/mol. The van der Waals surface area contributed by atoms with Crippen LogP contribution in [0.2, 0.25) is 0 Å².